The summed E-state index contributed by atoms with van der Waals surface area (Å²) < 4.78 is 5.74. The molecule has 23 heavy (non-hydrogen) atoms. The Morgan fingerprint density at radius 3 is 2.91 bits per heavy atom. The van der Waals surface area contributed by atoms with Gasteiger partial charge in [-0.25, -0.2) is 5.10 Å². The van der Waals surface area contributed by atoms with E-state index in [2.05, 4.69) is 27.2 Å². The number of H-pyrrole nitrogens is 1. The number of phenolic OH excluding ortho intramolecular Hbond substituents is 1. The maximum absolute atomic E-state index is 11.5. The number of carbonyl (C=O) groups is 1. The molecule has 1 aromatic carbocycles. The van der Waals surface area contributed by atoms with Crippen molar-refractivity contribution in [1.29, 1.82) is 0 Å². The number of phenols is 1. The summed E-state index contributed by atoms with van der Waals surface area (Å²) in [4.78, 5) is 11.5. The lowest BCUT2D eigenvalue weighted by Crippen LogP contribution is -2.03. The molecule has 1 heterocycles. The zero-order valence-corrected chi connectivity index (χ0v) is 13.1. The van der Waals surface area contributed by atoms with Crippen molar-refractivity contribution in [1.82, 2.24) is 20.6 Å². The van der Waals surface area contributed by atoms with Crippen molar-refractivity contribution in [3.63, 3.8) is 0 Å². The van der Waals surface area contributed by atoms with E-state index in [-0.39, 0.29) is 11.5 Å². The summed E-state index contributed by atoms with van der Waals surface area (Å²) in [5.41, 5.74) is 1.13. The monoisotopic (exact) mass is 316 g/mol. The number of tetrazole rings is 1. The van der Waals surface area contributed by atoms with Gasteiger partial charge in [0.05, 0.1) is 12.2 Å². The van der Waals surface area contributed by atoms with Crippen LogP contribution >= 0.6 is 0 Å². The number of ether oxygens (including phenoxy) is 1. The van der Waals surface area contributed by atoms with E-state index in [9.17, 15) is 9.90 Å². The third-order valence-electron chi connectivity index (χ3n) is 3.38. The average Bonchev–Trinajstić information content (AvgIpc) is 3.02. The molecular formula is C16H20N4O3. The molecule has 0 atom stereocenters. The van der Waals surface area contributed by atoms with Crippen molar-refractivity contribution in [3.05, 3.63) is 41.7 Å². The molecule has 7 heteroatoms. The standard InChI is InChI=1S/C16H20N4O3/c1-3-6-12-9-13(11(2)21)14(22)10-15(12)23-8-5-4-7-16-17-19-20-18-16/h3,9-10,22H,1,4-8H2,2H3,(H,17,18,19,20). The number of Topliss-reactive ketones (excluding diaryl/α,β-unsaturated/α-hetero) is 1. The molecule has 0 aliphatic carbocycles. The molecule has 0 bridgehead atoms. The second kappa shape index (κ2) is 8.07. The van der Waals surface area contributed by atoms with Crippen molar-refractivity contribution in [2.75, 3.05) is 6.61 Å². The molecule has 0 fully saturated rings. The normalized spacial score (nSPS) is 10.5. The number of allylic oxidation sites excluding steroid dienone is 1. The number of nitrogens with zero attached hydrogens (tertiary/aromatic N) is 3. The Morgan fingerprint density at radius 1 is 1.43 bits per heavy atom. The lowest BCUT2D eigenvalue weighted by atomic mass is 10.0. The Balaban J connectivity index is 1.93. The molecule has 2 aromatic rings. The minimum atomic E-state index is -0.181. The van der Waals surface area contributed by atoms with E-state index in [1.807, 2.05) is 0 Å². The molecule has 0 saturated heterocycles. The fourth-order valence-corrected chi connectivity index (χ4v) is 2.21. The van der Waals surface area contributed by atoms with Crippen LogP contribution in [0, 0.1) is 0 Å². The van der Waals surface area contributed by atoms with Crippen LogP contribution < -0.4 is 4.74 Å². The number of benzene rings is 1. The summed E-state index contributed by atoms with van der Waals surface area (Å²) in [5.74, 6) is 1.09. The predicted octanol–water partition coefficient (Wildman–Crippen LogP) is 2.24. The van der Waals surface area contributed by atoms with Crippen LogP contribution in [0.2, 0.25) is 0 Å². The van der Waals surface area contributed by atoms with E-state index in [1.54, 1.807) is 12.1 Å². The topological polar surface area (TPSA) is 101 Å². The second-order valence-corrected chi connectivity index (χ2v) is 5.18. The fourth-order valence-electron chi connectivity index (χ4n) is 2.21. The number of aryl methyl sites for hydroxylation is 1. The smallest absolute Gasteiger partial charge is 0.163 e. The van der Waals surface area contributed by atoms with Crippen LogP contribution in [-0.4, -0.2) is 38.1 Å². The van der Waals surface area contributed by atoms with Gasteiger partial charge < -0.3 is 9.84 Å². The van der Waals surface area contributed by atoms with Gasteiger partial charge in [0.1, 0.15) is 17.3 Å². The first-order valence-electron chi connectivity index (χ1n) is 7.45. The zero-order chi connectivity index (χ0) is 16.7. The highest BCUT2D eigenvalue weighted by molar-refractivity contribution is 5.97. The first-order chi connectivity index (χ1) is 11.1. The van der Waals surface area contributed by atoms with Gasteiger partial charge in [-0.1, -0.05) is 6.08 Å². The quantitative estimate of drug-likeness (QED) is 0.418. The summed E-state index contributed by atoms with van der Waals surface area (Å²) in [7, 11) is 0. The number of hydrogen-bond acceptors (Lipinski definition) is 6. The number of nitrogens with one attached hydrogen (secondary N) is 1. The molecule has 0 saturated carbocycles. The van der Waals surface area contributed by atoms with Crippen LogP contribution in [0.5, 0.6) is 11.5 Å². The van der Waals surface area contributed by atoms with E-state index in [0.717, 1.165) is 30.7 Å². The maximum Gasteiger partial charge on any atom is 0.163 e. The third kappa shape index (κ3) is 4.64. The summed E-state index contributed by atoms with van der Waals surface area (Å²) in [6.45, 7) is 5.63. The van der Waals surface area contributed by atoms with Crippen molar-refractivity contribution >= 4 is 5.78 Å². The van der Waals surface area contributed by atoms with Crippen LogP contribution in [0.15, 0.2) is 24.8 Å². The molecule has 0 aliphatic rings. The van der Waals surface area contributed by atoms with Gasteiger partial charge in [0.2, 0.25) is 0 Å². The van der Waals surface area contributed by atoms with Gasteiger partial charge in [-0.15, -0.1) is 11.7 Å². The highest BCUT2D eigenvalue weighted by atomic mass is 16.5. The first-order valence-corrected chi connectivity index (χ1v) is 7.45. The van der Waals surface area contributed by atoms with Crippen molar-refractivity contribution in [2.45, 2.75) is 32.6 Å². The van der Waals surface area contributed by atoms with E-state index in [4.69, 9.17) is 4.74 Å². The number of unbranched alkanes of at least 4 members (excludes halogenated alkanes) is 1. The molecule has 2 N–H and O–H groups in total. The van der Waals surface area contributed by atoms with Gasteiger partial charge in [0.15, 0.2) is 5.78 Å². The molecule has 2 rings (SSSR count). The molecular weight excluding hydrogens is 296 g/mol. The second-order valence-electron chi connectivity index (χ2n) is 5.18. The van der Waals surface area contributed by atoms with E-state index in [0.29, 0.717) is 24.3 Å². The summed E-state index contributed by atoms with van der Waals surface area (Å²) in [6.07, 6.45) is 4.76. The maximum atomic E-state index is 11.5. The first kappa shape index (κ1) is 16.7. The van der Waals surface area contributed by atoms with Gasteiger partial charge in [-0.3, -0.25) is 4.79 Å². The fraction of sp³-hybridized carbons (Fsp3) is 0.375. The minimum absolute atomic E-state index is 0.0620. The molecule has 0 aliphatic heterocycles. The Morgan fingerprint density at radius 2 is 2.26 bits per heavy atom. The van der Waals surface area contributed by atoms with Crippen molar-refractivity contribution in [2.24, 2.45) is 0 Å². The molecule has 1 aromatic heterocycles. The molecule has 0 radical (unpaired) electrons. The molecule has 0 spiro atoms. The number of hydrogen-bond donors (Lipinski definition) is 2. The van der Waals surface area contributed by atoms with Gasteiger partial charge >= 0.3 is 0 Å². The largest absolute Gasteiger partial charge is 0.507 e. The predicted molar refractivity (Wildman–Crippen MR) is 84.6 cm³/mol. The molecule has 0 unspecified atom stereocenters. The van der Waals surface area contributed by atoms with Gasteiger partial charge in [0, 0.05) is 12.5 Å². The van der Waals surface area contributed by atoms with E-state index in [1.165, 1.54) is 13.0 Å². The van der Waals surface area contributed by atoms with Crippen LogP contribution in [0.4, 0.5) is 0 Å². The summed E-state index contributed by atoms with van der Waals surface area (Å²) in [6, 6.07) is 3.16. The molecule has 122 valence electrons. The van der Waals surface area contributed by atoms with Crippen molar-refractivity contribution < 1.29 is 14.6 Å². The number of aromatic hydroxyl groups is 1. The number of aromatic amines is 1. The third-order valence-corrected chi connectivity index (χ3v) is 3.38. The number of aromatic nitrogens is 4. The van der Waals surface area contributed by atoms with Gasteiger partial charge in [-0.05, 0) is 48.2 Å². The highest BCUT2D eigenvalue weighted by Crippen LogP contribution is 2.29. The summed E-state index contributed by atoms with van der Waals surface area (Å²) in [5, 5.41) is 23.5. The zero-order valence-electron chi connectivity index (χ0n) is 13.1. The lowest BCUT2D eigenvalue weighted by molar-refractivity contribution is 0.101. The summed E-state index contributed by atoms with van der Waals surface area (Å²) >= 11 is 0. The Hall–Kier alpha value is -2.70. The van der Waals surface area contributed by atoms with Crippen LogP contribution in [-0.2, 0) is 12.8 Å². The number of ketones is 1. The van der Waals surface area contributed by atoms with Crippen LogP contribution in [0.25, 0.3) is 0 Å². The minimum Gasteiger partial charge on any atom is -0.507 e. The Bertz CT molecular complexity index is 668. The van der Waals surface area contributed by atoms with E-state index < -0.39 is 0 Å². The lowest BCUT2D eigenvalue weighted by Gasteiger charge is -2.13. The SMILES string of the molecule is C=CCc1cc(C(C)=O)c(O)cc1OCCCCc1nnn[nH]1. The molecule has 7 nitrogen and oxygen atoms in total. The van der Waals surface area contributed by atoms with Crippen molar-refractivity contribution in [3.8, 4) is 11.5 Å². The number of rotatable bonds is 9. The van der Waals surface area contributed by atoms with Gasteiger partial charge in [0.25, 0.3) is 0 Å². The van der Waals surface area contributed by atoms with Gasteiger partial charge in [-0.2, -0.15) is 0 Å². The molecule has 0 amide bonds. The Kier molecular flexibility index (Phi) is 5.85. The highest BCUT2D eigenvalue weighted by Gasteiger charge is 2.13. The van der Waals surface area contributed by atoms with E-state index >= 15 is 0 Å². The van der Waals surface area contributed by atoms with Crippen LogP contribution in [0.3, 0.4) is 0 Å². The number of carbonyl (C=O) groups excluding carboxylic acids is 1. The average molecular weight is 316 g/mol. The van der Waals surface area contributed by atoms with Crippen LogP contribution in [0.1, 0.15) is 41.5 Å². The Labute approximate surface area is 134 Å².